The van der Waals surface area contributed by atoms with Crippen molar-refractivity contribution in [2.24, 2.45) is 5.16 Å². The number of carbonyl (C=O) groups excluding carboxylic acids is 1. The lowest BCUT2D eigenvalue weighted by Crippen LogP contribution is -2.28. The maximum absolute atomic E-state index is 11.6. The Kier molecular flexibility index (Phi) is 9.89. The van der Waals surface area contributed by atoms with Gasteiger partial charge in [-0.25, -0.2) is 4.79 Å². The molecule has 25 heavy (non-hydrogen) atoms. The molecule has 1 aromatic rings. The molecule has 140 valence electrons. The van der Waals surface area contributed by atoms with E-state index < -0.39 is 12.5 Å². The molecule has 0 radical (unpaired) electrons. The fourth-order valence-electron chi connectivity index (χ4n) is 1.72. The van der Waals surface area contributed by atoms with Crippen molar-refractivity contribution >= 4 is 53.1 Å². The van der Waals surface area contributed by atoms with E-state index in [0.29, 0.717) is 10.9 Å². The van der Waals surface area contributed by atoms with E-state index in [1.54, 1.807) is 6.92 Å². The average molecular weight is 422 g/mol. The predicted octanol–water partition coefficient (Wildman–Crippen LogP) is 4.74. The minimum Gasteiger partial charge on any atom is -0.453 e. The highest BCUT2D eigenvalue weighted by Gasteiger charge is 2.26. The number of oxime groups is 1. The van der Waals surface area contributed by atoms with Crippen LogP contribution in [0.25, 0.3) is 0 Å². The summed E-state index contributed by atoms with van der Waals surface area (Å²) in [5.41, 5.74) is 0. The van der Waals surface area contributed by atoms with E-state index in [1.807, 2.05) is 61.2 Å². The fraction of sp³-hybridized carbons (Fsp3) is 0.467. The zero-order chi connectivity index (χ0) is 18.9. The van der Waals surface area contributed by atoms with Crippen LogP contribution in [-0.4, -0.2) is 40.1 Å². The van der Waals surface area contributed by atoms with Crippen LogP contribution in [-0.2, 0) is 16.6 Å². The van der Waals surface area contributed by atoms with Crippen LogP contribution in [0.15, 0.2) is 35.5 Å². The minimum atomic E-state index is -2.27. The first-order valence-electron chi connectivity index (χ1n) is 7.54. The van der Waals surface area contributed by atoms with Crippen molar-refractivity contribution in [3.63, 3.8) is 0 Å². The third-order valence-corrected chi connectivity index (χ3v) is 8.48. The summed E-state index contributed by atoms with van der Waals surface area (Å²) in [5.74, 6) is 1.06. The van der Waals surface area contributed by atoms with Crippen molar-refractivity contribution < 1.29 is 14.2 Å². The average Bonchev–Trinajstić information content (AvgIpc) is 2.56. The monoisotopic (exact) mass is 421 g/mol. The molecule has 0 aliphatic carbocycles. The van der Waals surface area contributed by atoms with Crippen LogP contribution in [0.4, 0.5) is 4.79 Å². The van der Waals surface area contributed by atoms with Crippen molar-refractivity contribution in [1.82, 2.24) is 9.39 Å². The van der Waals surface area contributed by atoms with E-state index in [4.69, 9.17) is 21.2 Å². The molecule has 0 fully saturated rings. The van der Waals surface area contributed by atoms with Crippen LogP contribution in [0.5, 0.6) is 5.75 Å². The summed E-state index contributed by atoms with van der Waals surface area (Å²) < 4.78 is 8.06. The van der Waals surface area contributed by atoms with Gasteiger partial charge in [0.15, 0.2) is 6.42 Å². The van der Waals surface area contributed by atoms with E-state index in [2.05, 4.69) is 10.5 Å². The highest BCUT2D eigenvalue weighted by molar-refractivity contribution is 8.17. The van der Waals surface area contributed by atoms with Crippen molar-refractivity contribution in [3.05, 3.63) is 30.3 Å². The number of nitrogens with zero attached hydrogens (tertiary/aromatic N) is 2. The highest BCUT2D eigenvalue weighted by atomic mass is 32.5. The largest absolute Gasteiger partial charge is 0.453 e. The van der Waals surface area contributed by atoms with Gasteiger partial charge < -0.3 is 9.84 Å². The standard InChI is InChI=1S/C15H24N3O3PS3/c1-12(2)18(22(4,23)21-14-9-7-6-8-10-14)25-11-16-15(19)20-17-13(3)24-5/h6-10,12H,11H2,1-5H3,(H,16,19)/b17-13+. The SMILES string of the molecule is CS/C(C)=N/OC(=O)NCSN(C(C)C)P(C)(=S)Oc1ccccc1. The third-order valence-electron chi connectivity index (χ3n) is 2.78. The summed E-state index contributed by atoms with van der Waals surface area (Å²) in [5, 5.41) is 7.00. The van der Waals surface area contributed by atoms with E-state index in [9.17, 15) is 4.79 Å². The fourth-order valence-corrected chi connectivity index (χ4v) is 6.24. The lowest BCUT2D eigenvalue weighted by Gasteiger charge is -2.33. The Morgan fingerprint density at radius 2 is 2.04 bits per heavy atom. The molecule has 1 unspecified atom stereocenters. The van der Waals surface area contributed by atoms with E-state index in [1.165, 1.54) is 23.7 Å². The van der Waals surface area contributed by atoms with Gasteiger partial charge in [-0.2, -0.15) is 4.08 Å². The molecule has 0 saturated heterocycles. The zero-order valence-electron chi connectivity index (χ0n) is 15.0. The number of hydrogen-bond donors (Lipinski definition) is 1. The van der Waals surface area contributed by atoms with Gasteiger partial charge in [-0.1, -0.05) is 23.4 Å². The first kappa shape index (κ1) is 22.3. The molecule has 0 aromatic heterocycles. The van der Waals surface area contributed by atoms with Crippen LogP contribution in [0.3, 0.4) is 0 Å². The summed E-state index contributed by atoms with van der Waals surface area (Å²) in [6.45, 7) is 7.76. The van der Waals surface area contributed by atoms with Gasteiger partial charge in [0.25, 0.3) is 0 Å². The molecule has 1 N–H and O–H groups in total. The molecule has 0 spiro atoms. The van der Waals surface area contributed by atoms with Crippen molar-refractivity contribution in [3.8, 4) is 5.75 Å². The first-order valence-corrected chi connectivity index (χ1v) is 12.8. The Morgan fingerprint density at radius 3 is 2.60 bits per heavy atom. The summed E-state index contributed by atoms with van der Waals surface area (Å²) >= 11 is 8.55. The Hall–Kier alpha value is -0.730. The molecule has 0 saturated carbocycles. The second kappa shape index (κ2) is 11.1. The van der Waals surface area contributed by atoms with E-state index >= 15 is 0 Å². The Bertz CT molecular complexity index is 629. The number of carbonyl (C=O) groups is 1. The Labute approximate surface area is 163 Å². The highest BCUT2D eigenvalue weighted by Crippen LogP contribution is 2.52. The van der Waals surface area contributed by atoms with Gasteiger partial charge >= 0.3 is 6.09 Å². The minimum absolute atomic E-state index is 0.152. The van der Waals surface area contributed by atoms with Crippen LogP contribution in [0.1, 0.15) is 20.8 Å². The van der Waals surface area contributed by atoms with E-state index in [-0.39, 0.29) is 6.04 Å². The normalized spacial score (nSPS) is 14.3. The van der Waals surface area contributed by atoms with Crippen molar-refractivity contribution in [1.29, 1.82) is 0 Å². The molecule has 6 nitrogen and oxygen atoms in total. The predicted molar refractivity (Wildman–Crippen MR) is 113 cm³/mol. The lowest BCUT2D eigenvalue weighted by molar-refractivity contribution is 0.153. The molecular weight excluding hydrogens is 397 g/mol. The van der Waals surface area contributed by atoms with Crippen LogP contribution >= 0.6 is 30.1 Å². The topological polar surface area (TPSA) is 63.2 Å². The van der Waals surface area contributed by atoms with E-state index in [0.717, 1.165) is 5.75 Å². The molecular formula is C15H24N3O3PS3. The second-order valence-electron chi connectivity index (χ2n) is 5.25. The molecule has 0 aliphatic rings. The van der Waals surface area contributed by atoms with Crippen molar-refractivity contribution in [2.75, 3.05) is 18.8 Å². The molecule has 1 amide bonds. The number of para-hydroxylation sites is 1. The Balaban J connectivity index is 2.59. The van der Waals surface area contributed by atoms with Crippen LogP contribution in [0.2, 0.25) is 0 Å². The van der Waals surface area contributed by atoms with Crippen LogP contribution in [0, 0.1) is 0 Å². The number of thioether (sulfide) groups is 1. The first-order chi connectivity index (χ1) is 11.8. The maximum Gasteiger partial charge on any atom is 0.434 e. The van der Waals surface area contributed by atoms with Gasteiger partial charge in [-0.05, 0) is 62.9 Å². The molecule has 0 aliphatic heterocycles. The molecule has 1 aromatic carbocycles. The molecule has 0 bridgehead atoms. The zero-order valence-corrected chi connectivity index (χ0v) is 18.3. The van der Waals surface area contributed by atoms with Gasteiger partial charge in [0, 0.05) is 12.7 Å². The molecule has 1 atom stereocenters. The quantitative estimate of drug-likeness (QED) is 0.124. The number of rotatable bonds is 8. The van der Waals surface area contributed by atoms with Gasteiger partial charge in [0.2, 0.25) is 0 Å². The summed E-state index contributed by atoms with van der Waals surface area (Å²) in [6, 6.07) is 9.67. The number of benzene rings is 1. The number of hydrogen-bond acceptors (Lipinski definition) is 7. The summed E-state index contributed by atoms with van der Waals surface area (Å²) in [6.07, 6.45) is -1.01. The summed E-state index contributed by atoms with van der Waals surface area (Å²) in [7, 11) is 0. The Morgan fingerprint density at radius 1 is 1.40 bits per heavy atom. The summed E-state index contributed by atoms with van der Waals surface area (Å²) in [4.78, 5) is 16.4. The molecule has 1 rings (SSSR count). The smallest absolute Gasteiger partial charge is 0.434 e. The number of amides is 1. The lowest BCUT2D eigenvalue weighted by atomic mass is 10.3. The van der Waals surface area contributed by atoms with Gasteiger partial charge in [-0.3, -0.25) is 4.84 Å². The number of nitrogens with one attached hydrogen (secondary N) is 1. The van der Waals surface area contributed by atoms with Crippen molar-refractivity contribution in [2.45, 2.75) is 26.8 Å². The third kappa shape index (κ3) is 8.46. The van der Waals surface area contributed by atoms with Gasteiger partial charge in [-0.15, -0.1) is 11.8 Å². The van der Waals surface area contributed by atoms with Crippen LogP contribution < -0.4 is 9.84 Å². The second-order valence-corrected chi connectivity index (χ2v) is 11.7. The van der Waals surface area contributed by atoms with Gasteiger partial charge in [0.1, 0.15) is 10.8 Å². The molecule has 0 heterocycles. The molecule has 10 heteroatoms. The van der Waals surface area contributed by atoms with Gasteiger partial charge in [0.05, 0.1) is 5.88 Å². The maximum atomic E-state index is 11.6.